The second kappa shape index (κ2) is 10.6. The number of nitrogens with zero attached hydrogens (tertiary/aromatic N) is 1. The van der Waals surface area contributed by atoms with Crippen molar-refractivity contribution in [2.24, 2.45) is 11.8 Å². The van der Waals surface area contributed by atoms with E-state index >= 15 is 0 Å². The summed E-state index contributed by atoms with van der Waals surface area (Å²) < 4.78 is 6.59. The molecule has 1 unspecified atom stereocenters. The maximum atomic E-state index is 14.1. The van der Waals surface area contributed by atoms with Crippen molar-refractivity contribution >= 4 is 40.7 Å². The van der Waals surface area contributed by atoms with Crippen LogP contribution in [0.3, 0.4) is 0 Å². The van der Waals surface area contributed by atoms with E-state index in [1.54, 1.807) is 12.1 Å². The van der Waals surface area contributed by atoms with E-state index in [9.17, 15) is 9.59 Å². The summed E-state index contributed by atoms with van der Waals surface area (Å²) in [5.41, 5.74) is 1.71. The number of piperidine rings is 2. The van der Waals surface area contributed by atoms with Gasteiger partial charge in [0.15, 0.2) is 0 Å². The molecular weight excluding hydrogens is 545 g/mol. The maximum absolute atomic E-state index is 14.1. The van der Waals surface area contributed by atoms with E-state index in [0.29, 0.717) is 45.5 Å². The minimum Gasteiger partial charge on any atom is -0.490 e. The summed E-state index contributed by atoms with van der Waals surface area (Å²) >= 11 is 12.7. The Morgan fingerprint density at radius 1 is 1.12 bits per heavy atom. The van der Waals surface area contributed by atoms with E-state index in [1.807, 2.05) is 42.5 Å². The molecule has 0 saturated carbocycles. The molecule has 2 aromatic carbocycles. The number of nitrogens with one attached hydrogen (secondary N) is 2. The Morgan fingerprint density at radius 2 is 1.93 bits per heavy atom. The quantitative estimate of drug-likeness (QED) is 0.468. The largest absolute Gasteiger partial charge is 0.490 e. The topological polar surface area (TPSA) is 70.7 Å². The van der Waals surface area contributed by atoms with Crippen LogP contribution < -0.4 is 15.4 Å². The van der Waals surface area contributed by atoms with E-state index in [1.165, 1.54) is 0 Å². The van der Waals surface area contributed by atoms with Gasteiger partial charge < -0.3 is 20.3 Å². The number of amides is 2. The Kier molecular flexibility index (Phi) is 7.16. The van der Waals surface area contributed by atoms with Gasteiger partial charge in [-0.25, -0.2) is 0 Å². The molecule has 1 aliphatic carbocycles. The second-order valence-corrected chi connectivity index (χ2v) is 12.2. The van der Waals surface area contributed by atoms with Gasteiger partial charge >= 0.3 is 0 Å². The molecule has 3 aliphatic heterocycles. The number of halogens is 2. The summed E-state index contributed by atoms with van der Waals surface area (Å²) in [6, 6.07) is 10.3. The number of hydrogen-bond donors (Lipinski definition) is 2. The Balaban J connectivity index is 1.47. The van der Waals surface area contributed by atoms with Crippen LogP contribution in [0.5, 0.6) is 5.75 Å². The summed E-state index contributed by atoms with van der Waals surface area (Å²) in [5.74, 6) is 2.45. The average molecular weight is 577 g/mol. The number of benzene rings is 2. The molecule has 206 valence electrons. The van der Waals surface area contributed by atoms with Gasteiger partial charge in [0.25, 0.3) is 0 Å². The molecule has 0 radical (unpaired) electrons. The first kappa shape index (κ1) is 27.0. The fourth-order valence-corrected chi connectivity index (χ4v) is 7.09. The number of likely N-dealkylation sites (tertiary alicyclic amines) is 1. The molecule has 6 rings (SSSR count). The lowest BCUT2D eigenvalue weighted by Crippen LogP contribution is -2.57. The van der Waals surface area contributed by atoms with E-state index in [0.717, 1.165) is 31.5 Å². The number of fused-ring (bicyclic) bond motifs is 2. The van der Waals surface area contributed by atoms with Crippen molar-refractivity contribution in [2.75, 3.05) is 25.5 Å². The minimum absolute atomic E-state index is 0.0272. The normalized spacial score (nSPS) is 28.4. The lowest BCUT2D eigenvalue weighted by atomic mass is 9.62. The Morgan fingerprint density at radius 3 is 2.67 bits per heavy atom. The van der Waals surface area contributed by atoms with Crippen LogP contribution in [-0.4, -0.2) is 43.0 Å². The zero-order chi connectivity index (χ0) is 28.0. The molecule has 2 N–H and O–H groups in total. The number of carbonyl (C=O) groups is 2. The van der Waals surface area contributed by atoms with Gasteiger partial charge in [-0.05, 0) is 80.6 Å². The molecule has 40 heavy (non-hydrogen) atoms. The smallest absolute Gasteiger partial charge is 0.237 e. The van der Waals surface area contributed by atoms with Gasteiger partial charge in [-0.3, -0.25) is 9.59 Å². The van der Waals surface area contributed by atoms with Crippen LogP contribution in [0.15, 0.2) is 59.7 Å². The SMILES string of the molecule is C#Cc1ccc(OC2CCN(C)CC2)c([C@@H]2NC(=O)[C@@H](C3C=CC=C(Cl)C3)C[C@]23C(=O)Nc2cc(Cl)ccc23)c1. The summed E-state index contributed by atoms with van der Waals surface area (Å²) in [5, 5.41) is 7.54. The lowest BCUT2D eigenvalue weighted by Gasteiger charge is -2.45. The third-order valence-corrected chi connectivity index (χ3v) is 9.32. The van der Waals surface area contributed by atoms with Crippen molar-refractivity contribution in [3.8, 4) is 18.1 Å². The molecule has 4 aliphatic rings. The molecule has 2 saturated heterocycles. The highest BCUT2D eigenvalue weighted by Gasteiger charge is 2.59. The van der Waals surface area contributed by atoms with Crippen LogP contribution in [0.2, 0.25) is 5.02 Å². The Hall–Kier alpha value is -3.24. The fourth-order valence-electron chi connectivity index (χ4n) is 6.67. The van der Waals surface area contributed by atoms with Gasteiger partial charge in [-0.1, -0.05) is 47.3 Å². The van der Waals surface area contributed by atoms with Gasteiger partial charge in [0.1, 0.15) is 17.3 Å². The van der Waals surface area contributed by atoms with Gasteiger partial charge in [-0.2, -0.15) is 0 Å². The summed E-state index contributed by atoms with van der Waals surface area (Å²) in [6.07, 6.45) is 14.2. The fraction of sp³-hybridized carbons (Fsp3) is 0.375. The predicted molar refractivity (Wildman–Crippen MR) is 157 cm³/mol. The van der Waals surface area contributed by atoms with E-state index in [4.69, 9.17) is 34.4 Å². The zero-order valence-corrected chi connectivity index (χ0v) is 23.8. The Labute approximate surface area is 244 Å². The van der Waals surface area contributed by atoms with Crippen LogP contribution >= 0.6 is 23.2 Å². The first-order valence-electron chi connectivity index (χ1n) is 13.7. The number of terminal acetylenes is 1. The van der Waals surface area contributed by atoms with Gasteiger partial charge in [-0.15, -0.1) is 6.42 Å². The van der Waals surface area contributed by atoms with Crippen molar-refractivity contribution in [1.29, 1.82) is 0 Å². The highest BCUT2D eigenvalue weighted by atomic mass is 35.5. The zero-order valence-electron chi connectivity index (χ0n) is 22.3. The molecular formula is C32H31Cl2N3O3. The monoisotopic (exact) mass is 575 g/mol. The van der Waals surface area contributed by atoms with Gasteiger partial charge in [0, 0.05) is 45.9 Å². The molecule has 2 amide bonds. The number of hydrogen-bond acceptors (Lipinski definition) is 4. The van der Waals surface area contributed by atoms with Gasteiger partial charge in [0.2, 0.25) is 11.8 Å². The molecule has 3 heterocycles. The van der Waals surface area contributed by atoms with Crippen LogP contribution in [0.4, 0.5) is 5.69 Å². The third kappa shape index (κ3) is 4.71. The van der Waals surface area contributed by atoms with Gasteiger partial charge in [0.05, 0.1) is 6.04 Å². The highest BCUT2D eigenvalue weighted by molar-refractivity contribution is 6.31. The maximum Gasteiger partial charge on any atom is 0.237 e. The summed E-state index contributed by atoms with van der Waals surface area (Å²) in [7, 11) is 2.11. The van der Waals surface area contributed by atoms with Crippen molar-refractivity contribution in [3.05, 3.63) is 81.4 Å². The van der Waals surface area contributed by atoms with E-state index in [2.05, 4.69) is 28.5 Å². The second-order valence-electron chi connectivity index (χ2n) is 11.3. The van der Waals surface area contributed by atoms with Crippen LogP contribution in [0.25, 0.3) is 0 Å². The Bertz CT molecular complexity index is 1470. The molecule has 1 spiro atoms. The van der Waals surface area contributed by atoms with E-state index in [-0.39, 0.29) is 23.8 Å². The predicted octanol–water partition coefficient (Wildman–Crippen LogP) is 5.56. The average Bonchev–Trinajstić information content (AvgIpc) is 3.21. The number of rotatable bonds is 4. The number of allylic oxidation sites excluding steroid dienone is 4. The molecule has 6 nitrogen and oxygen atoms in total. The van der Waals surface area contributed by atoms with Crippen molar-refractivity contribution in [2.45, 2.75) is 43.2 Å². The van der Waals surface area contributed by atoms with Crippen molar-refractivity contribution in [1.82, 2.24) is 10.2 Å². The lowest BCUT2D eigenvalue weighted by molar-refractivity contribution is -0.135. The van der Waals surface area contributed by atoms with Crippen molar-refractivity contribution < 1.29 is 14.3 Å². The van der Waals surface area contributed by atoms with E-state index < -0.39 is 17.4 Å². The molecule has 2 aromatic rings. The summed E-state index contributed by atoms with van der Waals surface area (Å²) in [4.78, 5) is 30.3. The minimum atomic E-state index is -1.10. The van der Waals surface area contributed by atoms with Crippen LogP contribution in [-0.2, 0) is 15.0 Å². The molecule has 8 heteroatoms. The first-order valence-corrected chi connectivity index (χ1v) is 14.4. The molecule has 0 bridgehead atoms. The highest BCUT2D eigenvalue weighted by Crippen LogP contribution is 2.55. The standard InChI is InChI=1S/C32H31Cl2N3O3/c1-3-19-7-10-28(40-23-11-13-37(2)14-12-23)24(15-19)29-32(26-9-8-22(34)17-27(26)35-31(32)39)18-25(30(38)36-29)20-5-4-6-21(33)16-20/h1,4-10,15,17,20,23,25,29H,11-14,16,18H2,2H3,(H,35,39)(H,36,38)/t20?,25-,29+,32-/m1/s1. The third-order valence-electron chi connectivity index (χ3n) is 8.80. The molecule has 0 aromatic heterocycles. The van der Waals surface area contributed by atoms with Crippen LogP contribution in [0, 0.1) is 24.2 Å². The van der Waals surface area contributed by atoms with Crippen molar-refractivity contribution in [3.63, 3.8) is 0 Å². The number of anilines is 1. The number of ether oxygens (including phenoxy) is 1. The molecule has 4 atom stereocenters. The first-order chi connectivity index (χ1) is 19.3. The van der Waals surface area contributed by atoms with Crippen LogP contribution in [0.1, 0.15) is 48.4 Å². The summed E-state index contributed by atoms with van der Waals surface area (Å²) in [6.45, 7) is 1.88. The number of carbonyl (C=O) groups excluding carboxylic acids is 2. The molecule has 2 fully saturated rings.